The second kappa shape index (κ2) is 9.05. The minimum absolute atomic E-state index is 0.259. The molecular weight excluding hydrogens is 241 g/mol. The summed E-state index contributed by atoms with van der Waals surface area (Å²) in [6.07, 6.45) is 4.10. The zero-order valence-electron chi connectivity index (χ0n) is 12.1. The lowest BCUT2D eigenvalue weighted by Gasteiger charge is -2.25. The smallest absolute Gasteiger partial charge is 0.123 e. The molecule has 1 aromatic carbocycles. The molecule has 19 heavy (non-hydrogen) atoms. The van der Waals surface area contributed by atoms with Crippen LogP contribution in [0.2, 0.25) is 0 Å². The van der Waals surface area contributed by atoms with Crippen LogP contribution in [0.25, 0.3) is 0 Å². The number of nitrogens with zero attached hydrogens (tertiary/aromatic N) is 1. The standard InChI is InChI=1S/C16H26FNO/c1-3-5-11-18(12-6-4-2)13-16(19)14-7-9-15(17)10-8-14/h7-10,16,19H,3-6,11-13H2,1-2H3. The average molecular weight is 267 g/mol. The maximum absolute atomic E-state index is 12.9. The first-order valence-corrected chi connectivity index (χ1v) is 7.33. The van der Waals surface area contributed by atoms with Crippen molar-refractivity contribution in [2.45, 2.75) is 45.6 Å². The lowest BCUT2D eigenvalue weighted by molar-refractivity contribution is 0.111. The molecule has 0 radical (unpaired) electrons. The number of aliphatic hydroxyl groups excluding tert-OH is 1. The van der Waals surface area contributed by atoms with Crippen LogP contribution in [-0.4, -0.2) is 29.6 Å². The summed E-state index contributed by atoms with van der Waals surface area (Å²) in [7, 11) is 0. The summed E-state index contributed by atoms with van der Waals surface area (Å²) in [5.74, 6) is -0.259. The molecule has 0 bridgehead atoms. The fourth-order valence-corrected chi connectivity index (χ4v) is 2.09. The summed E-state index contributed by atoms with van der Waals surface area (Å²) in [6, 6.07) is 6.14. The number of unbranched alkanes of at least 4 members (excludes halogenated alkanes) is 2. The van der Waals surface area contributed by atoms with Gasteiger partial charge in [-0.2, -0.15) is 0 Å². The minimum Gasteiger partial charge on any atom is -0.387 e. The second-order valence-corrected chi connectivity index (χ2v) is 5.08. The highest BCUT2D eigenvalue weighted by atomic mass is 19.1. The molecular formula is C16H26FNO. The topological polar surface area (TPSA) is 23.5 Å². The van der Waals surface area contributed by atoms with E-state index in [0.717, 1.165) is 44.3 Å². The van der Waals surface area contributed by atoms with E-state index in [0.29, 0.717) is 6.54 Å². The van der Waals surface area contributed by atoms with E-state index in [1.165, 1.54) is 12.1 Å². The largest absolute Gasteiger partial charge is 0.387 e. The molecule has 0 heterocycles. The number of hydrogen-bond donors (Lipinski definition) is 1. The van der Waals surface area contributed by atoms with Gasteiger partial charge in [0.25, 0.3) is 0 Å². The Bertz CT molecular complexity index is 331. The predicted octanol–water partition coefficient (Wildman–Crippen LogP) is 3.76. The third-order valence-electron chi connectivity index (χ3n) is 3.34. The van der Waals surface area contributed by atoms with Crippen LogP contribution in [0, 0.1) is 5.82 Å². The van der Waals surface area contributed by atoms with Gasteiger partial charge in [0.05, 0.1) is 6.10 Å². The molecule has 1 N–H and O–H groups in total. The van der Waals surface area contributed by atoms with Crippen molar-refractivity contribution in [3.63, 3.8) is 0 Å². The summed E-state index contributed by atoms with van der Waals surface area (Å²) in [5.41, 5.74) is 0.791. The molecule has 0 aliphatic heterocycles. The summed E-state index contributed by atoms with van der Waals surface area (Å²) in [6.45, 7) is 7.03. The molecule has 0 aliphatic rings. The van der Waals surface area contributed by atoms with Gasteiger partial charge in [0.2, 0.25) is 0 Å². The molecule has 1 atom stereocenters. The van der Waals surface area contributed by atoms with E-state index in [4.69, 9.17) is 0 Å². The lowest BCUT2D eigenvalue weighted by Crippen LogP contribution is -2.30. The highest BCUT2D eigenvalue weighted by molar-refractivity contribution is 5.18. The van der Waals surface area contributed by atoms with Crippen LogP contribution in [0.15, 0.2) is 24.3 Å². The second-order valence-electron chi connectivity index (χ2n) is 5.08. The van der Waals surface area contributed by atoms with Crippen molar-refractivity contribution in [3.05, 3.63) is 35.6 Å². The SMILES string of the molecule is CCCCN(CCCC)CC(O)c1ccc(F)cc1. The zero-order chi connectivity index (χ0) is 14.1. The van der Waals surface area contributed by atoms with Gasteiger partial charge in [0.1, 0.15) is 5.82 Å². The number of halogens is 1. The predicted molar refractivity (Wildman–Crippen MR) is 77.6 cm³/mol. The molecule has 0 fully saturated rings. The van der Waals surface area contributed by atoms with Crippen LogP contribution in [0.5, 0.6) is 0 Å². The van der Waals surface area contributed by atoms with Crippen molar-refractivity contribution in [2.75, 3.05) is 19.6 Å². The van der Waals surface area contributed by atoms with E-state index < -0.39 is 6.10 Å². The molecule has 1 rings (SSSR count). The summed E-state index contributed by atoms with van der Waals surface area (Å²) in [5, 5.41) is 10.2. The number of rotatable bonds is 9. The van der Waals surface area contributed by atoms with Crippen LogP contribution >= 0.6 is 0 Å². The Labute approximate surface area is 116 Å². The molecule has 108 valence electrons. The van der Waals surface area contributed by atoms with Gasteiger partial charge in [-0.25, -0.2) is 4.39 Å². The van der Waals surface area contributed by atoms with Gasteiger partial charge in [0, 0.05) is 6.54 Å². The summed E-state index contributed by atoms with van der Waals surface area (Å²) >= 11 is 0. The van der Waals surface area contributed by atoms with Gasteiger partial charge in [-0.15, -0.1) is 0 Å². The molecule has 0 aliphatic carbocycles. The molecule has 0 amide bonds. The van der Waals surface area contributed by atoms with Crippen molar-refractivity contribution in [3.8, 4) is 0 Å². The fraction of sp³-hybridized carbons (Fsp3) is 0.625. The first kappa shape index (κ1) is 16.1. The quantitative estimate of drug-likeness (QED) is 0.736. The van der Waals surface area contributed by atoms with Gasteiger partial charge in [-0.05, 0) is 43.6 Å². The highest BCUT2D eigenvalue weighted by Gasteiger charge is 2.13. The Hall–Kier alpha value is -0.930. The van der Waals surface area contributed by atoms with Gasteiger partial charge in [-0.1, -0.05) is 38.8 Å². The molecule has 0 saturated carbocycles. The molecule has 0 spiro atoms. The van der Waals surface area contributed by atoms with E-state index in [2.05, 4.69) is 18.7 Å². The highest BCUT2D eigenvalue weighted by Crippen LogP contribution is 2.15. The van der Waals surface area contributed by atoms with Crippen molar-refractivity contribution in [1.29, 1.82) is 0 Å². The van der Waals surface area contributed by atoms with E-state index in [9.17, 15) is 9.50 Å². The first-order valence-electron chi connectivity index (χ1n) is 7.33. The van der Waals surface area contributed by atoms with Crippen molar-refractivity contribution in [1.82, 2.24) is 4.90 Å². The normalized spacial score (nSPS) is 12.9. The van der Waals surface area contributed by atoms with Gasteiger partial charge < -0.3 is 10.0 Å². The molecule has 3 heteroatoms. The molecule has 1 unspecified atom stereocenters. The molecule has 0 saturated heterocycles. The van der Waals surface area contributed by atoms with Crippen LogP contribution in [-0.2, 0) is 0 Å². The summed E-state index contributed by atoms with van der Waals surface area (Å²) in [4.78, 5) is 2.31. The third kappa shape index (κ3) is 6.17. The van der Waals surface area contributed by atoms with Crippen LogP contribution in [0.1, 0.15) is 51.2 Å². The van der Waals surface area contributed by atoms with E-state index >= 15 is 0 Å². The Morgan fingerprint density at radius 3 is 2.05 bits per heavy atom. The Balaban J connectivity index is 2.53. The third-order valence-corrected chi connectivity index (χ3v) is 3.34. The van der Waals surface area contributed by atoms with Crippen molar-refractivity contribution < 1.29 is 9.50 Å². The van der Waals surface area contributed by atoms with Crippen LogP contribution < -0.4 is 0 Å². The molecule has 1 aromatic rings. The fourth-order valence-electron chi connectivity index (χ4n) is 2.09. The maximum Gasteiger partial charge on any atom is 0.123 e. The van der Waals surface area contributed by atoms with E-state index in [-0.39, 0.29) is 5.82 Å². The summed E-state index contributed by atoms with van der Waals surface area (Å²) < 4.78 is 12.9. The van der Waals surface area contributed by atoms with E-state index in [1.807, 2.05) is 0 Å². The van der Waals surface area contributed by atoms with Gasteiger partial charge in [-0.3, -0.25) is 0 Å². The first-order chi connectivity index (χ1) is 9.17. The van der Waals surface area contributed by atoms with Gasteiger partial charge >= 0.3 is 0 Å². The number of aliphatic hydroxyl groups is 1. The molecule has 2 nitrogen and oxygen atoms in total. The Morgan fingerprint density at radius 1 is 1.05 bits per heavy atom. The zero-order valence-corrected chi connectivity index (χ0v) is 12.1. The van der Waals surface area contributed by atoms with Crippen LogP contribution in [0.4, 0.5) is 4.39 Å². The van der Waals surface area contributed by atoms with Crippen molar-refractivity contribution >= 4 is 0 Å². The average Bonchev–Trinajstić information content (AvgIpc) is 2.42. The minimum atomic E-state index is -0.533. The Kier molecular flexibility index (Phi) is 7.68. The van der Waals surface area contributed by atoms with Crippen LogP contribution in [0.3, 0.4) is 0 Å². The number of hydrogen-bond acceptors (Lipinski definition) is 2. The monoisotopic (exact) mass is 267 g/mol. The maximum atomic E-state index is 12.9. The van der Waals surface area contributed by atoms with Crippen molar-refractivity contribution in [2.24, 2.45) is 0 Å². The Morgan fingerprint density at radius 2 is 1.58 bits per heavy atom. The van der Waals surface area contributed by atoms with Gasteiger partial charge in [0.15, 0.2) is 0 Å². The molecule has 0 aromatic heterocycles. The van der Waals surface area contributed by atoms with E-state index in [1.54, 1.807) is 12.1 Å². The lowest BCUT2D eigenvalue weighted by atomic mass is 10.1. The number of benzene rings is 1.